The lowest BCUT2D eigenvalue weighted by Crippen LogP contribution is -2.17. The Kier molecular flexibility index (Phi) is 0.626. The molecule has 1 saturated heterocycles. The minimum atomic E-state index is -2.80. The summed E-state index contributed by atoms with van der Waals surface area (Å²) in [5.74, 6) is 0. The molecule has 0 amide bonds. The van der Waals surface area contributed by atoms with Crippen LogP contribution in [-0.2, 0) is 0 Å². The molecule has 1 aromatic rings. The second-order valence-electron chi connectivity index (χ2n) is 2.39. The molecule has 1 aromatic heterocycles. The van der Waals surface area contributed by atoms with Crippen molar-refractivity contribution in [3.63, 3.8) is 0 Å². The molecule has 2 rings (SSSR count). The monoisotopic (exact) mass is 172 g/mol. The number of hydrogen-bond acceptors (Lipinski definition) is 2. The zero-order chi connectivity index (χ0) is 17.1. The SMILES string of the molecule is [2H]c1nc([2H])c([C@@]2([2H])N(C([2H])([2H])[2H])CCC2([2H])[2H])c([2H])c1[2H]. The Hall–Kier alpha value is -0.890. The van der Waals surface area contributed by atoms with Gasteiger partial charge in [-0.2, -0.15) is 0 Å². The van der Waals surface area contributed by atoms with Crippen molar-refractivity contribution < 1.29 is 13.7 Å². The molecule has 12 heavy (non-hydrogen) atoms. The van der Waals surface area contributed by atoms with Crippen LogP contribution in [0, 0.1) is 0 Å². The Balaban J connectivity index is 2.79. The Morgan fingerprint density at radius 3 is 3.92 bits per heavy atom. The van der Waals surface area contributed by atoms with Crippen LogP contribution in [0.4, 0.5) is 0 Å². The first kappa shape index (κ1) is 2.32. The summed E-state index contributed by atoms with van der Waals surface area (Å²) in [7, 11) is 0. The fourth-order valence-electron chi connectivity index (χ4n) is 1.06. The van der Waals surface area contributed by atoms with E-state index in [9.17, 15) is 0 Å². The van der Waals surface area contributed by atoms with Crippen LogP contribution in [0.25, 0.3) is 0 Å². The third-order valence-electron chi connectivity index (χ3n) is 1.60. The molecular formula is C10H14N2. The Bertz CT molecular complexity index is 613. The third-order valence-corrected chi connectivity index (χ3v) is 1.60. The van der Waals surface area contributed by atoms with Crippen molar-refractivity contribution in [3.8, 4) is 0 Å². The van der Waals surface area contributed by atoms with Gasteiger partial charge < -0.3 is 0 Å². The molecule has 1 aliphatic rings. The molecule has 0 saturated carbocycles. The topological polar surface area (TPSA) is 16.1 Å². The number of hydrogen-bond donors (Lipinski definition) is 0. The summed E-state index contributed by atoms with van der Waals surface area (Å²) < 4.78 is 77.5. The predicted molar refractivity (Wildman–Crippen MR) is 48.8 cm³/mol. The van der Waals surface area contributed by atoms with E-state index in [1.807, 2.05) is 0 Å². The molecule has 0 aromatic carbocycles. The highest BCUT2D eigenvalue weighted by Gasteiger charge is 2.21. The van der Waals surface area contributed by atoms with Crippen LogP contribution >= 0.6 is 0 Å². The van der Waals surface area contributed by atoms with Gasteiger partial charge in [0, 0.05) is 25.2 Å². The van der Waals surface area contributed by atoms with Gasteiger partial charge in [0.05, 0.1) is 6.85 Å². The molecule has 0 spiro atoms. The van der Waals surface area contributed by atoms with E-state index in [0.29, 0.717) is 4.90 Å². The number of aromatic nitrogens is 1. The van der Waals surface area contributed by atoms with Gasteiger partial charge in [-0.05, 0) is 37.9 Å². The molecule has 1 fully saturated rings. The Morgan fingerprint density at radius 2 is 3.00 bits per heavy atom. The van der Waals surface area contributed by atoms with Crippen molar-refractivity contribution in [3.05, 3.63) is 30.0 Å². The van der Waals surface area contributed by atoms with Gasteiger partial charge in [-0.1, -0.05) is 6.04 Å². The van der Waals surface area contributed by atoms with Gasteiger partial charge in [-0.3, -0.25) is 9.88 Å². The molecule has 2 heterocycles. The zero-order valence-corrected chi connectivity index (χ0v) is 6.31. The van der Waals surface area contributed by atoms with Crippen LogP contribution in [0.3, 0.4) is 0 Å². The summed E-state index contributed by atoms with van der Waals surface area (Å²) in [5, 5.41) is 0. The van der Waals surface area contributed by atoms with E-state index in [1.165, 1.54) is 0 Å². The van der Waals surface area contributed by atoms with Crippen molar-refractivity contribution in [1.29, 1.82) is 0 Å². The van der Waals surface area contributed by atoms with Crippen LogP contribution in [-0.4, -0.2) is 23.4 Å². The van der Waals surface area contributed by atoms with Crippen molar-refractivity contribution in [2.45, 2.75) is 18.8 Å². The van der Waals surface area contributed by atoms with Crippen molar-refractivity contribution >= 4 is 0 Å². The number of pyridine rings is 1. The first-order valence-corrected chi connectivity index (χ1v) is 3.56. The van der Waals surface area contributed by atoms with E-state index in [-0.39, 0.29) is 13.0 Å². The normalized spacial score (nSPS) is 48.0. The van der Waals surface area contributed by atoms with Gasteiger partial charge in [0.25, 0.3) is 0 Å². The smallest absolute Gasteiger partial charge is 0.0843 e. The second-order valence-corrected chi connectivity index (χ2v) is 2.39. The van der Waals surface area contributed by atoms with Crippen molar-refractivity contribution in [2.24, 2.45) is 0 Å². The molecule has 0 N–H and O–H groups in total. The second kappa shape index (κ2) is 3.23. The predicted octanol–water partition coefficient (Wildman–Crippen LogP) is 1.85. The summed E-state index contributed by atoms with van der Waals surface area (Å²) in [6, 6.07) is -3.91. The van der Waals surface area contributed by atoms with Crippen LogP contribution in [0.15, 0.2) is 24.4 Å². The highest BCUT2D eigenvalue weighted by atomic mass is 15.1. The lowest BCUT2D eigenvalue weighted by Gasteiger charge is -2.18. The molecular weight excluding hydrogens is 148 g/mol. The van der Waals surface area contributed by atoms with Crippen molar-refractivity contribution in [1.82, 2.24) is 9.88 Å². The Labute approximate surface area is 87.3 Å². The third kappa shape index (κ3) is 1.34. The number of likely N-dealkylation sites (tertiary alicyclic amines) is 1. The summed E-state index contributed by atoms with van der Waals surface area (Å²) in [6.07, 6.45) is -3.96. The number of nitrogens with zero attached hydrogens (tertiary/aromatic N) is 2. The summed E-state index contributed by atoms with van der Waals surface area (Å²) in [6.45, 7) is -3.05. The summed E-state index contributed by atoms with van der Waals surface area (Å²) >= 11 is 0. The first-order valence-electron chi connectivity index (χ1n) is 8.56. The minimum Gasteiger partial charge on any atom is -0.299 e. The molecule has 0 radical (unpaired) electrons. The highest BCUT2D eigenvalue weighted by molar-refractivity contribution is 5.14. The maximum absolute atomic E-state index is 8.45. The van der Waals surface area contributed by atoms with E-state index in [1.54, 1.807) is 0 Å². The molecule has 0 bridgehead atoms. The summed E-state index contributed by atoms with van der Waals surface area (Å²) in [5.41, 5.74) is -0.591. The summed E-state index contributed by atoms with van der Waals surface area (Å²) in [4.78, 5) is 4.04. The van der Waals surface area contributed by atoms with Crippen LogP contribution in [0.5, 0.6) is 0 Å². The molecule has 2 heteroatoms. The van der Waals surface area contributed by atoms with Gasteiger partial charge in [0.15, 0.2) is 0 Å². The van der Waals surface area contributed by atoms with Crippen LogP contribution < -0.4 is 0 Å². The lowest BCUT2D eigenvalue weighted by molar-refractivity contribution is 0.317. The van der Waals surface area contributed by atoms with Gasteiger partial charge in [0.2, 0.25) is 0 Å². The fourth-order valence-corrected chi connectivity index (χ4v) is 1.06. The maximum Gasteiger partial charge on any atom is 0.0843 e. The average molecular weight is 172 g/mol. The van der Waals surface area contributed by atoms with E-state index in [4.69, 9.17) is 13.7 Å². The molecule has 0 aliphatic carbocycles. The van der Waals surface area contributed by atoms with Gasteiger partial charge in [0.1, 0.15) is 0 Å². The highest BCUT2D eigenvalue weighted by Crippen LogP contribution is 2.29. The van der Waals surface area contributed by atoms with E-state index in [0.717, 1.165) is 0 Å². The molecule has 1 aliphatic heterocycles. The standard InChI is InChI=1S/C10H14N2/c1-12-7-3-5-10(12)9-4-2-6-11-8-9/h2,4,6,8,10H,3,5,7H2,1H3/t10-/m0/s1/i1D3,2D,4D,5D2,6D,8D,10D. The fraction of sp³-hybridized carbons (Fsp3) is 0.500. The maximum atomic E-state index is 8.45. The van der Waals surface area contributed by atoms with Gasteiger partial charge in [-0.15, -0.1) is 0 Å². The quantitative estimate of drug-likeness (QED) is 0.642. The van der Waals surface area contributed by atoms with Gasteiger partial charge in [-0.25, -0.2) is 0 Å². The number of rotatable bonds is 1. The molecule has 1 atom stereocenters. The zero-order valence-electron chi connectivity index (χ0n) is 16.3. The molecule has 2 nitrogen and oxygen atoms in total. The minimum absolute atomic E-state index is 0.248. The van der Waals surface area contributed by atoms with Crippen molar-refractivity contribution in [2.75, 3.05) is 13.5 Å². The van der Waals surface area contributed by atoms with Gasteiger partial charge >= 0.3 is 0 Å². The van der Waals surface area contributed by atoms with E-state index < -0.39 is 49.4 Å². The van der Waals surface area contributed by atoms with E-state index in [2.05, 4.69) is 4.98 Å². The largest absolute Gasteiger partial charge is 0.299 e. The molecule has 64 valence electrons. The van der Waals surface area contributed by atoms with Crippen LogP contribution in [0.2, 0.25) is 0 Å². The Morgan fingerprint density at radius 1 is 2.00 bits per heavy atom. The van der Waals surface area contributed by atoms with Crippen LogP contribution in [0.1, 0.15) is 38.1 Å². The average Bonchev–Trinajstić information content (AvgIpc) is 2.57. The van der Waals surface area contributed by atoms with E-state index >= 15 is 0 Å². The lowest BCUT2D eigenvalue weighted by atomic mass is 10.1. The first-order chi connectivity index (χ1) is 9.84. The molecule has 0 unspecified atom stereocenters.